The maximum absolute atomic E-state index is 3.58. The van der Waals surface area contributed by atoms with E-state index in [0.717, 1.165) is 5.92 Å². The van der Waals surface area contributed by atoms with Gasteiger partial charge in [-0.05, 0) is 29.4 Å². The van der Waals surface area contributed by atoms with Crippen LogP contribution in [0.25, 0.3) is 0 Å². The second-order valence-electron chi connectivity index (χ2n) is 6.34. The third-order valence-corrected chi connectivity index (χ3v) is 7.04. The summed E-state index contributed by atoms with van der Waals surface area (Å²) in [6.45, 7) is 14.0. The van der Waals surface area contributed by atoms with Crippen molar-refractivity contribution in [2.45, 2.75) is 57.6 Å². The predicted octanol–water partition coefficient (Wildman–Crippen LogP) is 5.30. The van der Waals surface area contributed by atoms with Crippen LogP contribution in [0.5, 0.6) is 0 Å². The first kappa shape index (κ1) is 14.6. The molecule has 19 heavy (non-hydrogen) atoms. The third-order valence-electron chi connectivity index (χ3n) is 4.47. The predicted molar refractivity (Wildman–Crippen MR) is 89.5 cm³/mol. The zero-order valence-corrected chi connectivity index (χ0v) is 13.8. The molecule has 1 nitrogen and oxygen atoms in total. The fourth-order valence-corrected chi connectivity index (χ4v) is 4.65. The van der Waals surface area contributed by atoms with Crippen molar-refractivity contribution in [3.05, 3.63) is 23.8 Å². The Balaban J connectivity index is 2.39. The number of hydrogen-bond acceptors (Lipinski definition) is 1. The van der Waals surface area contributed by atoms with Crippen LogP contribution >= 0.6 is 10.5 Å². The van der Waals surface area contributed by atoms with Crippen molar-refractivity contribution in [3.8, 4) is 0 Å². The van der Waals surface area contributed by atoms with E-state index in [9.17, 15) is 0 Å². The Bertz CT molecular complexity index is 488. The second kappa shape index (κ2) is 5.70. The number of hydrogen-bond donors (Lipinski definition) is 1. The van der Waals surface area contributed by atoms with E-state index in [-0.39, 0.29) is 10.5 Å². The van der Waals surface area contributed by atoms with Crippen LogP contribution in [0.4, 0.5) is 5.69 Å². The molecule has 3 atom stereocenters. The molecular weight excluding hydrogens is 250 g/mol. The molecule has 1 aromatic rings. The van der Waals surface area contributed by atoms with Crippen LogP contribution in [-0.2, 0) is 0 Å². The monoisotopic (exact) mass is 277 g/mol. The summed E-state index contributed by atoms with van der Waals surface area (Å²) >= 11 is 0. The van der Waals surface area contributed by atoms with E-state index >= 15 is 0 Å². The van der Waals surface area contributed by atoms with Crippen molar-refractivity contribution in [1.82, 2.24) is 0 Å². The number of fused-ring (bicyclic) bond motifs is 1. The van der Waals surface area contributed by atoms with Gasteiger partial charge < -0.3 is 5.32 Å². The molecule has 1 aliphatic rings. The van der Waals surface area contributed by atoms with E-state index in [0.29, 0.717) is 17.1 Å². The van der Waals surface area contributed by atoms with Gasteiger partial charge in [0.05, 0.1) is 5.69 Å². The zero-order valence-electron chi connectivity index (χ0n) is 13.0. The molecule has 1 aromatic carbocycles. The molecule has 0 fully saturated rings. The van der Waals surface area contributed by atoms with Crippen molar-refractivity contribution >= 4 is 21.7 Å². The largest absolute Gasteiger partial charge is 0.355 e. The molecule has 1 N–H and O–H groups in total. The number of benzene rings is 1. The van der Waals surface area contributed by atoms with Crippen LogP contribution in [0, 0.1) is 11.8 Å². The van der Waals surface area contributed by atoms with Crippen LogP contribution in [0.1, 0.15) is 53.0 Å². The highest BCUT2D eigenvalue weighted by Crippen LogP contribution is 2.46. The van der Waals surface area contributed by atoms with Gasteiger partial charge in [0.15, 0.2) is 0 Å². The lowest BCUT2D eigenvalue weighted by Gasteiger charge is -2.22. The van der Waals surface area contributed by atoms with Crippen molar-refractivity contribution < 1.29 is 0 Å². The Labute approximate surface area is 120 Å². The molecule has 2 heteroatoms. The van der Waals surface area contributed by atoms with Gasteiger partial charge in [-0.3, -0.25) is 0 Å². The number of para-hydroxylation sites is 1. The standard InChI is InChI=1S/C17H27NS/c1-11(2)13(5)15-8-7-9-16-17(15)18-10-19(16)14(6)12(3)4/h7-14,18H,1-6H3. The molecule has 0 radical (unpaired) electrons. The van der Waals surface area contributed by atoms with Gasteiger partial charge in [0.25, 0.3) is 0 Å². The number of anilines is 1. The van der Waals surface area contributed by atoms with Gasteiger partial charge in [-0.25, -0.2) is 0 Å². The fourth-order valence-electron chi connectivity index (χ4n) is 2.42. The van der Waals surface area contributed by atoms with E-state index in [1.54, 1.807) is 0 Å². The van der Waals surface area contributed by atoms with Crippen molar-refractivity contribution in [2.24, 2.45) is 11.8 Å². The van der Waals surface area contributed by atoms with Crippen LogP contribution in [0.15, 0.2) is 23.1 Å². The van der Waals surface area contributed by atoms with Crippen LogP contribution in [-0.4, -0.2) is 10.7 Å². The molecule has 0 amide bonds. The highest BCUT2D eigenvalue weighted by Gasteiger charge is 2.24. The third kappa shape index (κ3) is 2.74. The van der Waals surface area contributed by atoms with E-state index in [2.05, 4.69) is 70.5 Å². The van der Waals surface area contributed by atoms with Crippen molar-refractivity contribution in [3.63, 3.8) is 0 Å². The Morgan fingerprint density at radius 2 is 1.63 bits per heavy atom. The van der Waals surface area contributed by atoms with E-state index in [1.807, 2.05) is 0 Å². The lowest BCUT2D eigenvalue weighted by Crippen LogP contribution is -2.08. The summed E-state index contributed by atoms with van der Waals surface area (Å²) < 4.78 is 0. The average molecular weight is 277 g/mol. The number of nitrogens with one attached hydrogen (secondary N) is 1. The molecule has 2 rings (SSSR count). The second-order valence-corrected chi connectivity index (χ2v) is 8.50. The Hall–Kier alpha value is -0.760. The molecule has 0 saturated heterocycles. The van der Waals surface area contributed by atoms with E-state index in [4.69, 9.17) is 0 Å². The zero-order chi connectivity index (χ0) is 14.2. The summed E-state index contributed by atoms with van der Waals surface area (Å²) in [6.07, 6.45) is 0. The van der Waals surface area contributed by atoms with E-state index < -0.39 is 0 Å². The van der Waals surface area contributed by atoms with Crippen molar-refractivity contribution in [2.75, 3.05) is 5.32 Å². The maximum Gasteiger partial charge on any atom is 0.0552 e. The minimum atomic E-state index is 0.247. The Morgan fingerprint density at radius 1 is 0.947 bits per heavy atom. The molecule has 0 bridgehead atoms. The maximum atomic E-state index is 3.58. The molecule has 3 unspecified atom stereocenters. The molecular formula is C17H27NS. The minimum Gasteiger partial charge on any atom is -0.355 e. The van der Waals surface area contributed by atoms with Gasteiger partial charge in [0.2, 0.25) is 0 Å². The number of rotatable bonds is 4. The van der Waals surface area contributed by atoms with Gasteiger partial charge in [-0.2, -0.15) is 0 Å². The quantitative estimate of drug-likeness (QED) is 0.736. The van der Waals surface area contributed by atoms with Gasteiger partial charge >= 0.3 is 0 Å². The van der Waals surface area contributed by atoms with Gasteiger partial charge in [-0.15, -0.1) is 10.5 Å². The van der Waals surface area contributed by atoms with Crippen LogP contribution in [0.3, 0.4) is 0 Å². The first-order valence-corrected chi connectivity index (χ1v) is 8.73. The highest BCUT2D eigenvalue weighted by molar-refractivity contribution is 8.16. The van der Waals surface area contributed by atoms with Crippen molar-refractivity contribution in [1.29, 1.82) is 0 Å². The summed E-state index contributed by atoms with van der Waals surface area (Å²) in [5.74, 6) is 2.01. The fraction of sp³-hybridized carbons (Fsp3) is 0.588. The summed E-state index contributed by atoms with van der Waals surface area (Å²) in [5.41, 5.74) is 5.19. The van der Waals surface area contributed by atoms with Crippen LogP contribution < -0.4 is 5.32 Å². The van der Waals surface area contributed by atoms with Gasteiger partial charge in [0.1, 0.15) is 0 Å². The van der Waals surface area contributed by atoms with E-state index in [1.165, 1.54) is 16.1 Å². The lowest BCUT2D eigenvalue weighted by molar-refractivity contribution is 0.536. The summed E-state index contributed by atoms with van der Waals surface area (Å²) in [7, 11) is 0.247. The average Bonchev–Trinajstić information content (AvgIpc) is 2.80. The van der Waals surface area contributed by atoms with Gasteiger partial charge in [0, 0.05) is 15.6 Å². The minimum absolute atomic E-state index is 0.247. The SMILES string of the molecule is CC(C)C(C)c1cccc2c1NC=S2C(C)C(C)C. The Morgan fingerprint density at radius 3 is 2.21 bits per heavy atom. The molecule has 0 aliphatic carbocycles. The molecule has 0 spiro atoms. The molecule has 1 heterocycles. The normalized spacial score (nSPS) is 20.9. The summed E-state index contributed by atoms with van der Waals surface area (Å²) in [6, 6.07) is 6.84. The van der Waals surface area contributed by atoms with Crippen LogP contribution in [0.2, 0.25) is 0 Å². The summed E-state index contributed by atoms with van der Waals surface area (Å²) in [4.78, 5) is 1.52. The first-order chi connectivity index (χ1) is 8.93. The van der Waals surface area contributed by atoms with Gasteiger partial charge in [-0.1, -0.05) is 53.7 Å². The Kier molecular flexibility index (Phi) is 4.39. The molecule has 1 aliphatic heterocycles. The lowest BCUT2D eigenvalue weighted by atomic mass is 9.89. The topological polar surface area (TPSA) is 12.0 Å². The molecule has 106 valence electrons. The molecule has 0 saturated carbocycles. The summed E-state index contributed by atoms with van der Waals surface area (Å²) in [5, 5.41) is 4.28. The smallest absolute Gasteiger partial charge is 0.0552 e. The first-order valence-electron chi connectivity index (χ1n) is 7.38. The highest BCUT2D eigenvalue weighted by atomic mass is 32.2. The molecule has 0 aromatic heterocycles.